The van der Waals surface area contributed by atoms with Gasteiger partial charge in [0.25, 0.3) is 5.91 Å². The van der Waals surface area contributed by atoms with Crippen molar-refractivity contribution in [2.45, 2.75) is 31.8 Å². The third-order valence-electron chi connectivity index (χ3n) is 6.34. The number of hydrogen-bond acceptors (Lipinski definition) is 5. The van der Waals surface area contributed by atoms with Crippen molar-refractivity contribution in [3.63, 3.8) is 0 Å². The second-order valence-electron chi connectivity index (χ2n) is 8.39. The molecule has 0 aliphatic carbocycles. The lowest BCUT2D eigenvalue weighted by atomic mass is 9.95. The molecule has 0 N–H and O–H groups in total. The quantitative estimate of drug-likeness (QED) is 0.365. The van der Waals surface area contributed by atoms with Gasteiger partial charge in [-0.1, -0.05) is 41.9 Å². The molecule has 0 unspecified atom stereocenters. The van der Waals surface area contributed by atoms with E-state index >= 15 is 0 Å². The number of hydrogen-bond donors (Lipinski definition) is 0. The van der Waals surface area contributed by atoms with Crippen molar-refractivity contribution in [3.8, 4) is 5.75 Å². The highest BCUT2D eigenvalue weighted by molar-refractivity contribution is 7.15. The van der Waals surface area contributed by atoms with Crippen molar-refractivity contribution in [1.82, 2.24) is 24.0 Å². The van der Waals surface area contributed by atoms with E-state index in [2.05, 4.69) is 43.4 Å². The van der Waals surface area contributed by atoms with Crippen LogP contribution in [0.25, 0.3) is 0 Å². The lowest BCUT2D eigenvalue weighted by Gasteiger charge is -2.32. The summed E-state index contributed by atoms with van der Waals surface area (Å²) in [4.78, 5) is 24.2. The number of carbonyl (C=O) groups is 1. The third-order valence-corrected chi connectivity index (χ3v) is 7.53. The highest BCUT2D eigenvalue weighted by Gasteiger charge is 2.29. The molecule has 3 aromatic heterocycles. The van der Waals surface area contributed by atoms with Crippen LogP contribution < -0.4 is 4.74 Å². The van der Waals surface area contributed by atoms with Crippen LogP contribution >= 0.6 is 22.9 Å². The van der Waals surface area contributed by atoms with Gasteiger partial charge in [-0.15, -0.1) is 11.3 Å². The Kier molecular flexibility index (Phi) is 6.69. The van der Waals surface area contributed by atoms with Gasteiger partial charge in [0.1, 0.15) is 16.0 Å². The minimum Gasteiger partial charge on any atom is -0.493 e. The molecule has 34 heavy (non-hydrogen) atoms. The summed E-state index contributed by atoms with van der Waals surface area (Å²) in [6, 6.07) is 10.4. The Labute approximate surface area is 207 Å². The van der Waals surface area contributed by atoms with Crippen LogP contribution in [0.4, 0.5) is 0 Å². The molecule has 1 amide bonds. The second-order valence-corrected chi connectivity index (χ2v) is 9.87. The number of carbonyl (C=O) groups excluding carboxylic acids is 1. The zero-order chi connectivity index (χ0) is 23.5. The molecule has 1 aliphatic heterocycles. The first-order chi connectivity index (χ1) is 16.6. The van der Waals surface area contributed by atoms with E-state index in [1.165, 1.54) is 16.9 Å². The van der Waals surface area contributed by atoms with E-state index in [1.807, 2.05) is 35.8 Å². The first kappa shape index (κ1) is 22.7. The number of imidazole rings is 2. The second kappa shape index (κ2) is 10.0. The summed E-state index contributed by atoms with van der Waals surface area (Å²) in [5, 5.41) is 1.78. The molecule has 5 rings (SSSR count). The Balaban J connectivity index is 1.25. The Hall–Kier alpha value is -3.10. The summed E-state index contributed by atoms with van der Waals surface area (Å²) in [7, 11) is 1.54. The molecule has 1 aliphatic rings. The van der Waals surface area contributed by atoms with E-state index < -0.39 is 0 Å². The molecule has 1 saturated heterocycles. The first-order valence-electron chi connectivity index (χ1n) is 11.3. The first-order valence-corrected chi connectivity index (χ1v) is 12.5. The van der Waals surface area contributed by atoms with E-state index in [9.17, 15) is 4.79 Å². The van der Waals surface area contributed by atoms with Crippen molar-refractivity contribution in [2.75, 3.05) is 20.2 Å². The summed E-state index contributed by atoms with van der Waals surface area (Å²) in [5.41, 5.74) is 1.79. The van der Waals surface area contributed by atoms with E-state index in [1.54, 1.807) is 12.5 Å². The molecule has 0 radical (unpaired) electrons. The maximum absolute atomic E-state index is 13.0. The Morgan fingerprint density at radius 1 is 1.09 bits per heavy atom. The number of nitrogens with zero attached hydrogens (tertiary/aromatic N) is 5. The number of methoxy groups -OCH3 is 1. The SMILES string of the molecule is COc1c(C(=O)N2CCC(c3nccn3Cc3nccn3Cc3ccccc3)CC2)csc1Cl. The van der Waals surface area contributed by atoms with Crippen LogP contribution in [-0.2, 0) is 13.1 Å². The number of rotatable bonds is 7. The zero-order valence-corrected chi connectivity index (χ0v) is 20.5. The molecule has 7 nitrogen and oxygen atoms in total. The van der Waals surface area contributed by atoms with Gasteiger partial charge in [-0.3, -0.25) is 4.79 Å². The standard InChI is InChI=1S/C25H26ClN5O2S/c1-33-22-20(17-34-23(22)26)25(32)29-11-7-19(8-12-29)24-28-10-14-31(24)16-21-27-9-13-30(21)15-18-5-3-2-4-6-18/h2-6,9-10,13-14,17,19H,7-8,11-12,15-16H2,1H3. The molecular weight excluding hydrogens is 470 g/mol. The molecule has 176 valence electrons. The number of ether oxygens (including phenoxy) is 1. The van der Waals surface area contributed by atoms with Crippen molar-refractivity contribution in [3.05, 3.63) is 87.6 Å². The number of piperidine rings is 1. The smallest absolute Gasteiger partial charge is 0.258 e. The molecule has 0 spiro atoms. The molecule has 9 heteroatoms. The monoisotopic (exact) mass is 495 g/mol. The van der Waals surface area contributed by atoms with Crippen LogP contribution in [-0.4, -0.2) is 50.1 Å². The molecule has 0 atom stereocenters. The summed E-state index contributed by atoms with van der Waals surface area (Å²) < 4.78 is 10.2. The van der Waals surface area contributed by atoms with Gasteiger partial charge in [0.15, 0.2) is 5.75 Å². The molecule has 0 saturated carbocycles. The number of halogens is 1. The van der Waals surface area contributed by atoms with Crippen LogP contribution in [0.2, 0.25) is 4.34 Å². The predicted octanol–water partition coefficient (Wildman–Crippen LogP) is 4.92. The lowest BCUT2D eigenvalue weighted by Crippen LogP contribution is -2.38. The Morgan fingerprint density at radius 2 is 1.82 bits per heavy atom. The van der Waals surface area contributed by atoms with Crippen molar-refractivity contribution >= 4 is 28.8 Å². The highest BCUT2D eigenvalue weighted by atomic mass is 35.5. The molecule has 4 aromatic rings. The number of amides is 1. The minimum absolute atomic E-state index is 0.0234. The predicted molar refractivity (Wildman–Crippen MR) is 133 cm³/mol. The van der Waals surface area contributed by atoms with Gasteiger partial charge in [0.05, 0.1) is 19.2 Å². The zero-order valence-electron chi connectivity index (χ0n) is 18.9. The Morgan fingerprint density at radius 3 is 2.59 bits per heavy atom. The average molecular weight is 496 g/mol. The largest absolute Gasteiger partial charge is 0.493 e. The van der Waals surface area contributed by atoms with Crippen molar-refractivity contribution < 1.29 is 9.53 Å². The van der Waals surface area contributed by atoms with E-state index in [0.29, 0.717) is 41.2 Å². The van der Waals surface area contributed by atoms with Gasteiger partial charge in [-0.25, -0.2) is 9.97 Å². The summed E-state index contributed by atoms with van der Waals surface area (Å²) in [6.45, 7) is 2.81. The highest BCUT2D eigenvalue weighted by Crippen LogP contribution is 2.37. The van der Waals surface area contributed by atoms with Gasteiger partial charge in [-0.2, -0.15) is 0 Å². The number of thiophene rings is 1. The third kappa shape index (κ3) is 4.60. The van der Waals surface area contributed by atoms with Crippen LogP contribution in [0.15, 0.2) is 60.5 Å². The topological polar surface area (TPSA) is 65.2 Å². The fraction of sp³-hybridized carbons (Fsp3) is 0.320. The average Bonchev–Trinajstić information content (AvgIpc) is 3.60. The summed E-state index contributed by atoms with van der Waals surface area (Å²) in [5.74, 6) is 2.80. The van der Waals surface area contributed by atoms with Crippen molar-refractivity contribution in [1.29, 1.82) is 0 Å². The maximum atomic E-state index is 13.0. The van der Waals surface area contributed by atoms with Gasteiger partial charge in [0, 0.05) is 55.7 Å². The molecule has 4 heterocycles. The van der Waals surface area contributed by atoms with Gasteiger partial charge < -0.3 is 18.8 Å². The van der Waals surface area contributed by atoms with Crippen LogP contribution in [0, 0.1) is 0 Å². The van der Waals surface area contributed by atoms with Crippen LogP contribution in [0.5, 0.6) is 5.75 Å². The molecule has 0 bridgehead atoms. The maximum Gasteiger partial charge on any atom is 0.258 e. The normalized spacial score (nSPS) is 14.5. The van der Waals surface area contributed by atoms with Gasteiger partial charge in [0.2, 0.25) is 0 Å². The van der Waals surface area contributed by atoms with Crippen molar-refractivity contribution in [2.24, 2.45) is 0 Å². The molecular formula is C25H26ClN5O2S. The number of aromatic nitrogens is 4. The Bertz CT molecular complexity index is 1260. The summed E-state index contributed by atoms with van der Waals surface area (Å²) in [6.07, 6.45) is 9.48. The van der Waals surface area contributed by atoms with Crippen LogP contribution in [0.3, 0.4) is 0 Å². The number of likely N-dealkylation sites (tertiary alicyclic amines) is 1. The molecule has 1 fully saturated rings. The molecule has 1 aromatic carbocycles. The van der Waals surface area contributed by atoms with E-state index in [0.717, 1.165) is 31.0 Å². The van der Waals surface area contributed by atoms with Gasteiger partial charge >= 0.3 is 0 Å². The van der Waals surface area contributed by atoms with Crippen LogP contribution in [0.1, 0.15) is 46.3 Å². The lowest BCUT2D eigenvalue weighted by molar-refractivity contribution is 0.0707. The van der Waals surface area contributed by atoms with E-state index in [4.69, 9.17) is 16.3 Å². The van der Waals surface area contributed by atoms with E-state index in [-0.39, 0.29) is 5.91 Å². The fourth-order valence-electron chi connectivity index (χ4n) is 4.55. The number of benzene rings is 1. The summed E-state index contributed by atoms with van der Waals surface area (Å²) >= 11 is 7.48. The van der Waals surface area contributed by atoms with Gasteiger partial charge in [-0.05, 0) is 18.4 Å². The fourth-order valence-corrected chi connectivity index (χ4v) is 5.60. The minimum atomic E-state index is -0.0234.